The van der Waals surface area contributed by atoms with Crippen LogP contribution in [-0.4, -0.2) is 34.8 Å². The van der Waals surface area contributed by atoms with Gasteiger partial charge in [-0.15, -0.1) is 0 Å². The third-order valence-corrected chi connectivity index (χ3v) is 4.66. The van der Waals surface area contributed by atoms with E-state index in [0.29, 0.717) is 27.1 Å². The molecule has 0 bridgehead atoms. The summed E-state index contributed by atoms with van der Waals surface area (Å²) in [6.07, 6.45) is 3.36. The van der Waals surface area contributed by atoms with Gasteiger partial charge < -0.3 is 14.6 Å². The summed E-state index contributed by atoms with van der Waals surface area (Å²) in [6, 6.07) is 12.6. The van der Waals surface area contributed by atoms with Crippen molar-refractivity contribution in [3.05, 3.63) is 70.6 Å². The molecule has 2 heterocycles. The molecule has 0 spiro atoms. The van der Waals surface area contributed by atoms with E-state index in [1.807, 2.05) is 12.1 Å². The Bertz CT molecular complexity index is 919. The summed E-state index contributed by atoms with van der Waals surface area (Å²) in [7, 11) is 1.59. The zero-order valence-electron chi connectivity index (χ0n) is 14.9. The van der Waals surface area contributed by atoms with Crippen molar-refractivity contribution in [1.82, 2.24) is 4.98 Å². The van der Waals surface area contributed by atoms with Crippen LogP contribution in [0.1, 0.15) is 12.6 Å². The Morgan fingerprint density at radius 1 is 1.26 bits per heavy atom. The van der Waals surface area contributed by atoms with Gasteiger partial charge in [0, 0.05) is 6.20 Å². The van der Waals surface area contributed by atoms with Crippen molar-refractivity contribution in [2.75, 3.05) is 13.7 Å². The lowest BCUT2D eigenvalue weighted by Crippen LogP contribution is -2.12. The minimum Gasteiger partial charge on any atom is -0.506 e. The summed E-state index contributed by atoms with van der Waals surface area (Å²) in [4.78, 5) is 21.6. The average molecular weight is 382 g/mol. The molecule has 7 heteroatoms. The van der Waals surface area contributed by atoms with E-state index in [1.165, 1.54) is 11.8 Å². The normalized spacial score (nSPS) is 16.8. The first kappa shape index (κ1) is 18.7. The minimum atomic E-state index is -0.612. The molecule has 1 aliphatic rings. The first-order valence-corrected chi connectivity index (χ1v) is 9.08. The van der Waals surface area contributed by atoms with Gasteiger partial charge in [-0.2, -0.15) is 0 Å². The van der Waals surface area contributed by atoms with Crippen LogP contribution in [0.25, 0.3) is 6.08 Å². The number of carbonyl (C=O) groups excluding carboxylic acids is 1. The Hall–Kier alpha value is -3.06. The molecular weight excluding hydrogens is 364 g/mol. The molecular formula is C20H18N2O4S. The van der Waals surface area contributed by atoms with Crippen LogP contribution < -0.4 is 4.74 Å². The second-order valence-electron chi connectivity index (χ2n) is 5.42. The van der Waals surface area contributed by atoms with Gasteiger partial charge in [-0.05, 0) is 49.4 Å². The predicted octanol–water partition coefficient (Wildman–Crippen LogP) is 4.28. The van der Waals surface area contributed by atoms with Gasteiger partial charge in [-0.3, -0.25) is 4.98 Å². The summed E-state index contributed by atoms with van der Waals surface area (Å²) >= 11 is 1.20. The summed E-state index contributed by atoms with van der Waals surface area (Å²) in [6.45, 7) is 1.91. The number of aliphatic hydroxyl groups excluding tert-OH is 1. The molecule has 27 heavy (non-hydrogen) atoms. The Labute approximate surface area is 161 Å². The molecule has 1 aromatic heterocycles. The van der Waals surface area contributed by atoms with Gasteiger partial charge in [0.05, 0.1) is 30.0 Å². The third kappa shape index (κ3) is 4.38. The Morgan fingerprint density at radius 3 is 2.67 bits per heavy atom. The maximum Gasteiger partial charge on any atom is 0.344 e. The van der Waals surface area contributed by atoms with Gasteiger partial charge in [0.2, 0.25) is 0 Å². The number of aliphatic hydroxyl groups is 1. The van der Waals surface area contributed by atoms with Crippen LogP contribution >= 0.6 is 11.8 Å². The van der Waals surface area contributed by atoms with E-state index >= 15 is 0 Å². The Balaban J connectivity index is 2.00. The summed E-state index contributed by atoms with van der Waals surface area (Å²) in [5, 5.41) is 11.0. The number of rotatable bonds is 5. The lowest BCUT2D eigenvalue weighted by Gasteiger charge is -2.04. The number of methoxy groups -OCH3 is 1. The SMILES string of the molecule is CCOC(=O)C1=C(O)/C(=C\c2ccccn2)SC1=Nc1ccc(OC)cc1. The molecule has 0 saturated heterocycles. The standard InChI is InChI=1S/C20H18N2O4S/c1-3-26-20(24)17-18(23)16(12-14-6-4-5-11-21-14)27-19(17)22-13-7-9-15(25-2)10-8-13/h4-12,23H,3H2,1-2H3/b16-12+,22-19?. The van der Waals surface area contributed by atoms with Crippen molar-refractivity contribution in [2.45, 2.75) is 6.92 Å². The molecule has 0 amide bonds. The number of pyridine rings is 1. The molecule has 1 N–H and O–H groups in total. The zero-order chi connectivity index (χ0) is 19.2. The minimum absolute atomic E-state index is 0.0554. The van der Waals surface area contributed by atoms with Crippen LogP contribution in [0.4, 0.5) is 5.69 Å². The van der Waals surface area contributed by atoms with E-state index in [1.54, 1.807) is 56.6 Å². The maximum absolute atomic E-state index is 12.4. The first-order valence-electron chi connectivity index (χ1n) is 8.26. The molecule has 1 aliphatic heterocycles. The van der Waals surface area contributed by atoms with Crippen molar-refractivity contribution in [1.29, 1.82) is 0 Å². The highest BCUT2D eigenvalue weighted by Gasteiger charge is 2.33. The summed E-state index contributed by atoms with van der Waals surface area (Å²) < 4.78 is 10.2. The number of benzene rings is 1. The largest absolute Gasteiger partial charge is 0.506 e. The fourth-order valence-electron chi connectivity index (χ4n) is 2.36. The van der Waals surface area contributed by atoms with Crippen molar-refractivity contribution in [2.24, 2.45) is 4.99 Å². The van der Waals surface area contributed by atoms with Crippen LogP contribution in [0, 0.1) is 0 Å². The van der Waals surface area contributed by atoms with Crippen molar-refractivity contribution in [3.63, 3.8) is 0 Å². The summed E-state index contributed by atoms with van der Waals surface area (Å²) in [5.41, 5.74) is 1.35. The van der Waals surface area contributed by atoms with Gasteiger partial charge in [-0.1, -0.05) is 17.8 Å². The van der Waals surface area contributed by atoms with Gasteiger partial charge >= 0.3 is 5.97 Å². The average Bonchev–Trinajstić information content (AvgIpc) is 2.98. The molecule has 1 aromatic carbocycles. The highest BCUT2D eigenvalue weighted by atomic mass is 32.2. The zero-order valence-corrected chi connectivity index (χ0v) is 15.7. The smallest absolute Gasteiger partial charge is 0.344 e. The fraction of sp³-hybridized carbons (Fsp3) is 0.150. The molecule has 0 radical (unpaired) electrons. The van der Waals surface area contributed by atoms with E-state index < -0.39 is 5.97 Å². The van der Waals surface area contributed by atoms with Gasteiger partial charge in [0.15, 0.2) is 0 Å². The Kier molecular flexibility index (Phi) is 5.93. The monoisotopic (exact) mass is 382 g/mol. The fourth-order valence-corrected chi connectivity index (χ4v) is 3.38. The van der Waals surface area contributed by atoms with Gasteiger partial charge in [0.1, 0.15) is 22.1 Å². The van der Waals surface area contributed by atoms with Gasteiger partial charge in [0.25, 0.3) is 0 Å². The van der Waals surface area contributed by atoms with Crippen LogP contribution in [0.5, 0.6) is 5.75 Å². The van der Waals surface area contributed by atoms with Crippen LogP contribution in [0.2, 0.25) is 0 Å². The van der Waals surface area contributed by atoms with Crippen molar-refractivity contribution in [3.8, 4) is 5.75 Å². The number of aromatic nitrogens is 1. The molecule has 3 rings (SSSR count). The second-order valence-corrected chi connectivity index (χ2v) is 6.45. The first-order chi connectivity index (χ1) is 13.1. The van der Waals surface area contributed by atoms with Crippen molar-refractivity contribution >= 4 is 34.5 Å². The van der Waals surface area contributed by atoms with E-state index in [4.69, 9.17) is 9.47 Å². The topological polar surface area (TPSA) is 81.0 Å². The lowest BCUT2D eigenvalue weighted by atomic mass is 10.2. The maximum atomic E-state index is 12.4. The second kappa shape index (κ2) is 8.55. The molecule has 2 aromatic rings. The summed E-state index contributed by atoms with van der Waals surface area (Å²) in [5.74, 6) is -0.0617. The number of carbonyl (C=O) groups is 1. The number of nitrogens with zero attached hydrogens (tertiary/aromatic N) is 2. The van der Waals surface area contributed by atoms with E-state index in [0.717, 1.165) is 0 Å². The molecule has 138 valence electrons. The van der Waals surface area contributed by atoms with Crippen molar-refractivity contribution < 1.29 is 19.4 Å². The van der Waals surface area contributed by atoms with E-state index in [2.05, 4.69) is 9.98 Å². The molecule has 0 unspecified atom stereocenters. The predicted molar refractivity (Wildman–Crippen MR) is 106 cm³/mol. The number of hydrogen-bond acceptors (Lipinski definition) is 7. The number of hydrogen-bond donors (Lipinski definition) is 1. The van der Waals surface area contributed by atoms with Crippen LogP contribution in [0.15, 0.2) is 69.9 Å². The lowest BCUT2D eigenvalue weighted by molar-refractivity contribution is -0.138. The highest BCUT2D eigenvalue weighted by Crippen LogP contribution is 2.40. The number of ether oxygens (including phenoxy) is 2. The number of thioether (sulfide) groups is 1. The highest BCUT2D eigenvalue weighted by molar-refractivity contribution is 8.18. The van der Waals surface area contributed by atoms with Crippen LogP contribution in [0.3, 0.4) is 0 Å². The molecule has 0 atom stereocenters. The number of aliphatic imine (C=N–C) groups is 1. The molecule has 6 nitrogen and oxygen atoms in total. The van der Waals surface area contributed by atoms with E-state index in [9.17, 15) is 9.90 Å². The van der Waals surface area contributed by atoms with Crippen LogP contribution in [-0.2, 0) is 9.53 Å². The van der Waals surface area contributed by atoms with Gasteiger partial charge in [-0.25, -0.2) is 9.79 Å². The third-order valence-electron chi connectivity index (χ3n) is 3.64. The van der Waals surface area contributed by atoms with E-state index in [-0.39, 0.29) is 17.9 Å². The molecule has 0 saturated carbocycles. The molecule has 0 aliphatic carbocycles. The quantitative estimate of drug-likeness (QED) is 0.777. The molecule has 0 fully saturated rings. The number of esters is 1. The Morgan fingerprint density at radius 2 is 2.04 bits per heavy atom.